The number of carbonyl (C=O) groups is 2. The van der Waals surface area contributed by atoms with Crippen molar-refractivity contribution < 1.29 is 19.1 Å². The Morgan fingerprint density at radius 2 is 1.96 bits per heavy atom. The number of urea groups is 1. The van der Waals surface area contributed by atoms with Crippen LogP contribution in [-0.2, 0) is 19.7 Å². The Morgan fingerprint density at radius 1 is 1.21 bits per heavy atom. The molecule has 3 aliphatic rings. The van der Waals surface area contributed by atoms with E-state index in [1.807, 2.05) is 21.6 Å². The van der Waals surface area contributed by atoms with Crippen LogP contribution in [0.15, 0.2) is 0 Å². The summed E-state index contributed by atoms with van der Waals surface area (Å²) in [6.07, 6.45) is 0.733. The molecule has 4 rings (SSSR count). The smallest absolute Gasteiger partial charge is 0.320 e. The first kappa shape index (κ1) is 19.1. The molecule has 4 heterocycles. The molecule has 0 unspecified atom stereocenters. The van der Waals surface area contributed by atoms with Gasteiger partial charge in [0.05, 0.1) is 18.6 Å². The minimum Gasteiger partial charge on any atom is -0.378 e. The van der Waals surface area contributed by atoms with Crippen molar-refractivity contribution in [2.75, 3.05) is 66.2 Å². The molecular weight excluding hydrogens is 364 g/mol. The summed E-state index contributed by atoms with van der Waals surface area (Å²) in [5, 5.41) is 7.39. The molecule has 2 atom stereocenters. The number of hydrogen-bond donors (Lipinski definition) is 1. The van der Waals surface area contributed by atoms with Crippen LogP contribution < -0.4 is 0 Å². The van der Waals surface area contributed by atoms with E-state index < -0.39 is 0 Å². The fourth-order valence-electron chi connectivity index (χ4n) is 4.65. The van der Waals surface area contributed by atoms with Gasteiger partial charge in [0.15, 0.2) is 5.82 Å². The zero-order valence-corrected chi connectivity index (χ0v) is 16.5. The van der Waals surface area contributed by atoms with Gasteiger partial charge in [-0.1, -0.05) is 0 Å². The standard InChI is InChI=1S/C18H28N6O4/c1-13-19-16(21-20-13)18-3-4-23(15(25)11-27-2)9-14(18)10-24(12-18)17(26)22-5-7-28-8-6-22/h14H,3-12H2,1-2H3,(H,19,20,21)/t14-,18-/m1/s1. The van der Waals surface area contributed by atoms with E-state index in [0.717, 1.165) is 18.1 Å². The summed E-state index contributed by atoms with van der Waals surface area (Å²) in [4.78, 5) is 35.7. The van der Waals surface area contributed by atoms with Crippen LogP contribution in [0.5, 0.6) is 0 Å². The summed E-state index contributed by atoms with van der Waals surface area (Å²) < 4.78 is 10.4. The molecule has 0 aromatic carbocycles. The van der Waals surface area contributed by atoms with Crippen molar-refractivity contribution in [1.82, 2.24) is 29.9 Å². The van der Waals surface area contributed by atoms with Crippen molar-refractivity contribution in [1.29, 1.82) is 0 Å². The Morgan fingerprint density at radius 3 is 2.64 bits per heavy atom. The summed E-state index contributed by atoms with van der Waals surface area (Å²) in [6, 6.07) is 0.0408. The number of carbonyl (C=O) groups excluding carboxylic acids is 2. The zero-order valence-electron chi connectivity index (χ0n) is 16.5. The minimum absolute atomic E-state index is 0.0137. The first-order chi connectivity index (χ1) is 13.5. The fourth-order valence-corrected chi connectivity index (χ4v) is 4.65. The highest BCUT2D eigenvalue weighted by Gasteiger charge is 2.55. The molecule has 0 spiro atoms. The molecule has 3 saturated heterocycles. The highest BCUT2D eigenvalue weighted by Crippen LogP contribution is 2.44. The van der Waals surface area contributed by atoms with E-state index in [0.29, 0.717) is 52.5 Å². The lowest BCUT2D eigenvalue weighted by Gasteiger charge is -2.41. The van der Waals surface area contributed by atoms with Crippen LogP contribution in [-0.4, -0.2) is 108 Å². The van der Waals surface area contributed by atoms with Crippen molar-refractivity contribution >= 4 is 11.9 Å². The molecule has 10 nitrogen and oxygen atoms in total. The summed E-state index contributed by atoms with van der Waals surface area (Å²) in [6.45, 7) is 6.73. The number of aromatic nitrogens is 3. The third-order valence-corrected chi connectivity index (χ3v) is 6.18. The average molecular weight is 392 g/mol. The third-order valence-electron chi connectivity index (χ3n) is 6.18. The van der Waals surface area contributed by atoms with Crippen LogP contribution in [0.2, 0.25) is 0 Å². The topological polar surface area (TPSA) is 104 Å². The van der Waals surface area contributed by atoms with Crippen LogP contribution in [0, 0.1) is 12.8 Å². The summed E-state index contributed by atoms with van der Waals surface area (Å²) in [5.41, 5.74) is -0.323. The van der Waals surface area contributed by atoms with E-state index in [4.69, 9.17) is 9.47 Å². The predicted molar refractivity (Wildman–Crippen MR) is 98.7 cm³/mol. The van der Waals surface area contributed by atoms with Gasteiger partial charge in [-0.15, -0.1) is 0 Å². The number of fused-ring (bicyclic) bond motifs is 1. The number of morpholine rings is 1. The van der Waals surface area contributed by atoms with Crippen molar-refractivity contribution in [3.8, 4) is 0 Å². The highest BCUT2D eigenvalue weighted by atomic mass is 16.5. The molecule has 1 N–H and O–H groups in total. The van der Waals surface area contributed by atoms with Gasteiger partial charge in [-0.05, 0) is 13.3 Å². The van der Waals surface area contributed by atoms with E-state index >= 15 is 0 Å². The lowest BCUT2D eigenvalue weighted by Crippen LogP contribution is -2.52. The van der Waals surface area contributed by atoms with E-state index in [1.54, 1.807) is 0 Å². The van der Waals surface area contributed by atoms with Gasteiger partial charge in [0.2, 0.25) is 5.91 Å². The van der Waals surface area contributed by atoms with E-state index in [9.17, 15) is 9.59 Å². The second-order valence-corrected chi connectivity index (χ2v) is 7.88. The van der Waals surface area contributed by atoms with Crippen molar-refractivity contribution in [2.24, 2.45) is 5.92 Å². The van der Waals surface area contributed by atoms with Crippen LogP contribution >= 0.6 is 0 Å². The summed E-state index contributed by atoms with van der Waals surface area (Å²) in [5.74, 6) is 1.60. The van der Waals surface area contributed by atoms with Gasteiger partial charge in [-0.3, -0.25) is 9.89 Å². The molecule has 0 aliphatic carbocycles. The second kappa shape index (κ2) is 7.67. The van der Waals surface area contributed by atoms with Gasteiger partial charge in [0.25, 0.3) is 0 Å². The number of nitrogens with one attached hydrogen (secondary N) is 1. The normalized spacial score (nSPS) is 27.8. The molecule has 3 fully saturated rings. The Bertz CT molecular complexity index is 733. The number of hydrogen-bond acceptors (Lipinski definition) is 6. The SMILES string of the molecule is COCC(=O)N1CC[C@@]2(c3n[nH]c(C)n3)CN(C(=O)N3CCOCC3)C[C@H]2C1. The maximum absolute atomic E-state index is 13.1. The van der Waals surface area contributed by atoms with Gasteiger partial charge in [0, 0.05) is 52.3 Å². The molecule has 0 saturated carbocycles. The van der Waals surface area contributed by atoms with Crippen LogP contribution in [0.25, 0.3) is 0 Å². The second-order valence-electron chi connectivity index (χ2n) is 7.88. The number of H-pyrrole nitrogens is 1. The number of amides is 3. The van der Waals surface area contributed by atoms with Gasteiger partial charge in [-0.2, -0.15) is 5.10 Å². The fraction of sp³-hybridized carbons (Fsp3) is 0.778. The van der Waals surface area contributed by atoms with E-state index in [-0.39, 0.29) is 29.9 Å². The highest BCUT2D eigenvalue weighted by molar-refractivity contribution is 5.78. The third kappa shape index (κ3) is 3.35. The molecular formula is C18H28N6O4. The van der Waals surface area contributed by atoms with Gasteiger partial charge >= 0.3 is 6.03 Å². The Labute approximate surface area is 164 Å². The summed E-state index contributed by atoms with van der Waals surface area (Å²) in [7, 11) is 1.53. The number of aryl methyl sites for hydroxylation is 1. The van der Waals surface area contributed by atoms with Gasteiger partial charge in [0.1, 0.15) is 12.4 Å². The van der Waals surface area contributed by atoms with Crippen LogP contribution in [0.3, 0.4) is 0 Å². The lowest BCUT2D eigenvalue weighted by atomic mass is 9.72. The Hall–Kier alpha value is -2.20. The van der Waals surface area contributed by atoms with Crippen molar-refractivity contribution in [3.63, 3.8) is 0 Å². The molecule has 1 aromatic rings. The number of aromatic amines is 1. The first-order valence-corrected chi connectivity index (χ1v) is 9.81. The number of nitrogens with zero attached hydrogens (tertiary/aromatic N) is 5. The minimum atomic E-state index is -0.323. The number of methoxy groups -OCH3 is 1. The number of piperidine rings is 1. The molecule has 3 amide bonds. The average Bonchev–Trinajstić information content (AvgIpc) is 3.32. The van der Waals surface area contributed by atoms with Crippen molar-refractivity contribution in [3.05, 3.63) is 11.6 Å². The lowest BCUT2D eigenvalue weighted by molar-refractivity contribution is -0.137. The first-order valence-electron chi connectivity index (χ1n) is 9.81. The maximum Gasteiger partial charge on any atom is 0.320 e. The molecule has 28 heavy (non-hydrogen) atoms. The monoisotopic (exact) mass is 392 g/mol. The molecule has 0 radical (unpaired) electrons. The molecule has 154 valence electrons. The molecule has 0 bridgehead atoms. The number of likely N-dealkylation sites (tertiary alicyclic amines) is 2. The molecule has 10 heteroatoms. The van der Waals surface area contributed by atoms with Crippen molar-refractivity contribution in [2.45, 2.75) is 18.8 Å². The number of ether oxygens (including phenoxy) is 2. The van der Waals surface area contributed by atoms with Gasteiger partial charge in [-0.25, -0.2) is 9.78 Å². The Kier molecular flexibility index (Phi) is 5.24. The Balaban J connectivity index is 1.57. The zero-order chi connectivity index (χ0) is 19.7. The van der Waals surface area contributed by atoms with Crippen LogP contribution in [0.1, 0.15) is 18.1 Å². The maximum atomic E-state index is 13.1. The van der Waals surface area contributed by atoms with E-state index in [2.05, 4.69) is 15.2 Å². The van der Waals surface area contributed by atoms with Crippen LogP contribution in [0.4, 0.5) is 4.79 Å². The quantitative estimate of drug-likeness (QED) is 0.752. The van der Waals surface area contributed by atoms with E-state index in [1.165, 1.54) is 7.11 Å². The predicted octanol–water partition coefficient (Wildman–Crippen LogP) is -0.386. The molecule has 1 aromatic heterocycles. The number of rotatable bonds is 3. The summed E-state index contributed by atoms with van der Waals surface area (Å²) >= 11 is 0. The molecule has 3 aliphatic heterocycles. The van der Waals surface area contributed by atoms with Gasteiger partial charge < -0.3 is 24.2 Å². The largest absolute Gasteiger partial charge is 0.378 e.